The maximum Gasteiger partial charge on any atom is 0.145 e. The summed E-state index contributed by atoms with van der Waals surface area (Å²) in [6.07, 6.45) is 2.42. The number of hydrogen-bond acceptors (Lipinski definition) is 3. The van der Waals surface area contributed by atoms with Crippen LogP contribution in [0.4, 0.5) is 5.82 Å². The van der Waals surface area contributed by atoms with Crippen molar-refractivity contribution in [3.05, 3.63) is 77.6 Å². The van der Waals surface area contributed by atoms with Crippen molar-refractivity contribution < 1.29 is 0 Å². The normalized spacial score (nSPS) is 10.5. The Hall–Kier alpha value is -2.68. The van der Waals surface area contributed by atoms with E-state index in [1.165, 1.54) is 11.1 Å². The van der Waals surface area contributed by atoms with Gasteiger partial charge in [0, 0.05) is 12.0 Å². The number of aromatic nitrogens is 2. The Kier molecular flexibility index (Phi) is 3.65. The molecule has 3 heteroatoms. The molecule has 104 valence electrons. The lowest BCUT2D eigenvalue weighted by Gasteiger charge is -2.07. The molecule has 0 aliphatic rings. The van der Waals surface area contributed by atoms with Gasteiger partial charge in [-0.3, -0.25) is 0 Å². The van der Waals surface area contributed by atoms with Crippen molar-refractivity contribution in [3.63, 3.8) is 0 Å². The van der Waals surface area contributed by atoms with Crippen LogP contribution in [0.3, 0.4) is 0 Å². The minimum Gasteiger partial charge on any atom is -0.382 e. The fraction of sp³-hybridized carbons (Fsp3) is 0.111. The average Bonchev–Trinajstić information content (AvgIpc) is 2.51. The van der Waals surface area contributed by atoms with Crippen LogP contribution >= 0.6 is 0 Å². The SMILES string of the molecule is Cc1ccc(-c2cnc(N)c(Cc3ccccc3)n2)cc1. The van der Waals surface area contributed by atoms with Crippen molar-refractivity contribution in [1.29, 1.82) is 0 Å². The van der Waals surface area contributed by atoms with Gasteiger partial charge in [0.25, 0.3) is 0 Å². The zero-order valence-corrected chi connectivity index (χ0v) is 12.0. The third kappa shape index (κ3) is 3.08. The van der Waals surface area contributed by atoms with Crippen LogP contribution in [0.1, 0.15) is 16.8 Å². The molecule has 0 amide bonds. The molecular weight excluding hydrogens is 258 g/mol. The van der Waals surface area contributed by atoms with E-state index in [4.69, 9.17) is 5.73 Å². The molecule has 0 radical (unpaired) electrons. The standard InChI is InChI=1S/C18H17N3/c1-13-7-9-15(10-8-13)17-12-20-18(19)16(21-17)11-14-5-3-2-4-6-14/h2-10,12H,11H2,1H3,(H2,19,20). The summed E-state index contributed by atoms with van der Waals surface area (Å²) in [5.41, 5.74) is 11.1. The molecule has 0 atom stereocenters. The van der Waals surface area contributed by atoms with E-state index in [2.05, 4.69) is 53.3 Å². The molecule has 0 fully saturated rings. The Morgan fingerprint density at radius 2 is 1.67 bits per heavy atom. The molecule has 2 N–H and O–H groups in total. The number of nitrogens with zero attached hydrogens (tertiary/aromatic N) is 2. The van der Waals surface area contributed by atoms with Gasteiger partial charge in [0.1, 0.15) is 5.82 Å². The van der Waals surface area contributed by atoms with Crippen LogP contribution < -0.4 is 5.73 Å². The van der Waals surface area contributed by atoms with Gasteiger partial charge in [0.2, 0.25) is 0 Å². The number of rotatable bonds is 3. The van der Waals surface area contributed by atoms with E-state index in [1.807, 2.05) is 18.2 Å². The summed E-state index contributed by atoms with van der Waals surface area (Å²) in [5.74, 6) is 0.495. The van der Waals surface area contributed by atoms with Crippen LogP contribution in [0.2, 0.25) is 0 Å². The molecule has 3 rings (SSSR count). The zero-order chi connectivity index (χ0) is 14.7. The first kappa shape index (κ1) is 13.3. The first-order chi connectivity index (χ1) is 10.2. The van der Waals surface area contributed by atoms with Crippen LogP contribution in [-0.4, -0.2) is 9.97 Å². The Balaban J connectivity index is 1.94. The van der Waals surface area contributed by atoms with Crippen LogP contribution in [-0.2, 0) is 6.42 Å². The van der Waals surface area contributed by atoms with Crippen molar-refractivity contribution in [3.8, 4) is 11.3 Å². The second-order valence-corrected chi connectivity index (χ2v) is 5.12. The van der Waals surface area contributed by atoms with Crippen molar-refractivity contribution in [2.45, 2.75) is 13.3 Å². The van der Waals surface area contributed by atoms with Crippen molar-refractivity contribution >= 4 is 5.82 Å². The number of aryl methyl sites for hydroxylation is 1. The lowest BCUT2D eigenvalue weighted by Crippen LogP contribution is -2.03. The molecule has 21 heavy (non-hydrogen) atoms. The van der Waals surface area contributed by atoms with Crippen molar-refractivity contribution in [2.75, 3.05) is 5.73 Å². The van der Waals surface area contributed by atoms with E-state index in [1.54, 1.807) is 6.20 Å². The van der Waals surface area contributed by atoms with Gasteiger partial charge in [-0.15, -0.1) is 0 Å². The van der Waals surface area contributed by atoms with Crippen LogP contribution in [0.15, 0.2) is 60.8 Å². The van der Waals surface area contributed by atoms with Gasteiger partial charge in [-0.25, -0.2) is 9.97 Å². The molecule has 3 nitrogen and oxygen atoms in total. The van der Waals surface area contributed by atoms with Crippen LogP contribution in [0.25, 0.3) is 11.3 Å². The second kappa shape index (κ2) is 5.75. The predicted octanol–water partition coefficient (Wildman–Crippen LogP) is 3.63. The monoisotopic (exact) mass is 275 g/mol. The molecule has 0 aliphatic carbocycles. The van der Waals surface area contributed by atoms with E-state index >= 15 is 0 Å². The van der Waals surface area contributed by atoms with E-state index < -0.39 is 0 Å². The Labute approximate surface area is 124 Å². The highest BCUT2D eigenvalue weighted by Crippen LogP contribution is 2.20. The van der Waals surface area contributed by atoms with Crippen molar-refractivity contribution in [2.24, 2.45) is 0 Å². The fourth-order valence-corrected chi connectivity index (χ4v) is 2.22. The molecular formula is C18H17N3. The molecule has 1 heterocycles. The van der Waals surface area contributed by atoms with Gasteiger partial charge in [-0.1, -0.05) is 60.2 Å². The van der Waals surface area contributed by atoms with Gasteiger partial charge in [-0.05, 0) is 12.5 Å². The maximum atomic E-state index is 5.97. The lowest BCUT2D eigenvalue weighted by molar-refractivity contribution is 1.05. The highest BCUT2D eigenvalue weighted by molar-refractivity contribution is 5.60. The smallest absolute Gasteiger partial charge is 0.145 e. The largest absolute Gasteiger partial charge is 0.382 e. The highest BCUT2D eigenvalue weighted by atomic mass is 14.9. The van der Waals surface area contributed by atoms with Crippen molar-refractivity contribution in [1.82, 2.24) is 9.97 Å². The van der Waals surface area contributed by atoms with E-state index in [0.29, 0.717) is 12.2 Å². The van der Waals surface area contributed by atoms with Gasteiger partial charge in [-0.2, -0.15) is 0 Å². The molecule has 0 saturated carbocycles. The molecule has 2 aromatic carbocycles. The van der Waals surface area contributed by atoms with Gasteiger partial charge >= 0.3 is 0 Å². The van der Waals surface area contributed by atoms with E-state index in [-0.39, 0.29) is 0 Å². The Morgan fingerprint density at radius 3 is 2.38 bits per heavy atom. The third-order valence-electron chi connectivity index (χ3n) is 3.44. The summed E-state index contributed by atoms with van der Waals surface area (Å²) in [7, 11) is 0. The molecule has 3 aromatic rings. The molecule has 0 aliphatic heterocycles. The highest BCUT2D eigenvalue weighted by Gasteiger charge is 2.07. The molecule has 0 unspecified atom stereocenters. The number of benzene rings is 2. The topological polar surface area (TPSA) is 51.8 Å². The summed E-state index contributed by atoms with van der Waals surface area (Å²) in [4.78, 5) is 8.97. The van der Waals surface area contributed by atoms with Gasteiger partial charge < -0.3 is 5.73 Å². The van der Waals surface area contributed by atoms with E-state index in [9.17, 15) is 0 Å². The Bertz CT molecular complexity index is 734. The molecule has 0 spiro atoms. The van der Waals surface area contributed by atoms with Gasteiger partial charge in [0.05, 0.1) is 17.6 Å². The predicted molar refractivity (Wildman–Crippen MR) is 85.9 cm³/mol. The minimum atomic E-state index is 0.495. The first-order valence-corrected chi connectivity index (χ1v) is 6.95. The van der Waals surface area contributed by atoms with Crippen LogP contribution in [0, 0.1) is 6.92 Å². The van der Waals surface area contributed by atoms with Crippen LogP contribution in [0.5, 0.6) is 0 Å². The maximum absolute atomic E-state index is 5.97. The molecule has 1 aromatic heterocycles. The summed E-state index contributed by atoms with van der Waals surface area (Å²) < 4.78 is 0. The third-order valence-corrected chi connectivity index (χ3v) is 3.44. The number of nitrogen functional groups attached to an aromatic ring is 1. The fourth-order valence-electron chi connectivity index (χ4n) is 2.22. The summed E-state index contributed by atoms with van der Waals surface area (Å²) in [5, 5.41) is 0. The van der Waals surface area contributed by atoms with E-state index in [0.717, 1.165) is 17.0 Å². The average molecular weight is 275 g/mol. The number of anilines is 1. The summed E-state index contributed by atoms with van der Waals surface area (Å²) >= 11 is 0. The first-order valence-electron chi connectivity index (χ1n) is 6.95. The summed E-state index contributed by atoms with van der Waals surface area (Å²) in [6.45, 7) is 2.07. The van der Waals surface area contributed by atoms with Gasteiger partial charge in [0.15, 0.2) is 0 Å². The zero-order valence-electron chi connectivity index (χ0n) is 12.0. The summed E-state index contributed by atoms with van der Waals surface area (Å²) in [6, 6.07) is 18.4. The minimum absolute atomic E-state index is 0.495. The quantitative estimate of drug-likeness (QED) is 0.794. The second-order valence-electron chi connectivity index (χ2n) is 5.12. The lowest BCUT2D eigenvalue weighted by atomic mass is 10.1. The Morgan fingerprint density at radius 1 is 0.952 bits per heavy atom. The molecule has 0 bridgehead atoms. The molecule has 0 saturated heterocycles. The number of hydrogen-bond donors (Lipinski definition) is 1. The number of nitrogens with two attached hydrogens (primary N) is 1.